The fourth-order valence-corrected chi connectivity index (χ4v) is 9.82. The van der Waals surface area contributed by atoms with Crippen LogP contribution in [0.5, 0.6) is 34.5 Å². The minimum atomic E-state index is -0.967. The van der Waals surface area contributed by atoms with E-state index in [9.17, 15) is 41.0 Å². The van der Waals surface area contributed by atoms with E-state index < -0.39 is 63.2 Å². The number of nitrogens with one attached hydrogen (secondary N) is 2. The quantitative estimate of drug-likeness (QED) is 0.0747. The lowest BCUT2D eigenvalue weighted by Crippen LogP contribution is -2.26. The lowest BCUT2D eigenvalue weighted by Gasteiger charge is -2.20. The Hall–Kier alpha value is -9.46. The lowest BCUT2D eigenvalue weighted by molar-refractivity contribution is -0.142. The van der Waals surface area contributed by atoms with Crippen molar-refractivity contribution in [2.45, 2.75) is 44.4 Å². The average molecular weight is 1070 g/mol. The van der Waals surface area contributed by atoms with Crippen LogP contribution in [0, 0.1) is 34.9 Å². The van der Waals surface area contributed by atoms with E-state index in [2.05, 4.69) is 20.2 Å². The van der Waals surface area contributed by atoms with Crippen LogP contribution in [0.4, 0.5) is 26.3 Å². The van der Waals surface area contributed by atoms with E-state index in [0.29, 0.717) is 46.1 Å². The lowest BCUT2D eigenvalue weighted by atomic mass is 9.81. The molecule has 0 radical (unpaired) electrons. The molecular weight excluding hydrogens is 1020 g/mol. The number of esters is 1. The third-order valence-corrected chi connectivity index (χ3v) is 13.9. The third-order valence-electron chi connectivity index (χ3n) is 13.9. The van der Waals surface area contributed by atoms with Gasteiger partial charge in [-0.25, -0.2) is 35.7 Å². The number of carbonyl (C=O) groups excluding carboxylic acids is 1. The van der Waals surface area contributed by atoms with Crippen molar-refractivity contribution >= 4 is 33.7 Å². The molecule has 0 bridgehead atoms. The van der Waals surface area contributed by atoms with Gasteiger partial charge in [0.25, 0.3) is 0 Å². The molecule has 78 heavy (non-hydrogen) atoms. The molecule has 14 nitrogen and oxygen atoms in total. The van der Waals surface area contributed by atoms with Gasteiger partial charge in [-0.15, -0.1) is 0 Å². The van der Waals surface area contributed by atoms with Gasteiger partial charge in [0, 0.05) is 82.1 Å². The van der Waals surface area contributed by atoms with Crippen LogP contribution in [0.3, 0.4) is 0 Å². The van der Waals surface area contributed by atoms with Crippen LogP contribution in [0.15, 0.2) is 134 Å². The summed E-state index contributed by atoms with van der Waals surface area (Å²) in [4.78, 5) is 28.8. The zero-order chi connectivity index (χ0) is 54.6. The highest BCUT2D eigenvalue weighted by Gasteiger charge is 2.43. The summed E-state index contributed by atoms with van der Waals surface area (Å²) in [5.41, 5.74) is 3.34. The smallest absolute Gasteiger partial charge is 0.310 e. The Morgan fingerprint density at radius 3 is 1.53 bits per heavy atom. The van der Waals surface area contributed by atoms with Crippen molar-refractivity contribution in [3.8, 4) is 45.9 Å². The maximum atomic E-state index is 14.9. The molecule has 6 heterocycles. The standard InChI is InChI=1S/C30H24F3N3O4.C28H20F3N3O4/c1-3-38-26(37)13-17-5-4-6-20-28(17)39-16-30(20,2)25-10-12-36(35-25)24-14-18(7-8-21(24)31)40-29-22(32)15-23-19(27(29)33)9-11-34-23;1-28(14-37-26-15(11-24(35)36)3-2-4-18(26)28)23-8-10-34(33-23)22-12-16(5-6-19(22)29)38-27-20(30)13-21-17(25(27)31)7-9-32-21/h4-12,14-15,34H,3,13,16H2,1-2H3;2-10,12-13,32H,11,14H2,1H3,(H,35,36)/t;28-/m.0/s1. The first-order chi connectivity index (χ1) is 37.5. The molecule has 2 atom stereocenters. The van der Waals surface area contributed by atoms with E-state index in [1.807, 2.05) is 38.1 Å². The number of benzene rings is 6. The van der Waals surface area contributed by atoms with Crippen molar-refractivity contribution < 1.29 is 64.7 Å². The van der Waals surface area contributed by atoms with Crippen LogP contribution < -0.4 is 18.9 Å². The molecular formula is C58H44F6N6O8. The second-order valence-electron chi connectivity index (χ2n) is 19.0. The molecule has 4 aromatic heterocycles. The summed E-state index contributed by atoms with van der Waals surface area (Å²) in [6.07, 6.45) is 6.05. The maximum absolute atomic E-state index is 14.9. The van der Waals surface area contributed by atoms with Gasteiger partial charge in [-0.2, -0.15) is 10.2 Å². The van der Waals surface area contributed by atoms with E-state index >= 15 is 0 Å². The number of fused-ring (bicyclic) bond motifs is 4. The number of carboxylic acid groups (broad SMARTS) is 1. The number of aromatic nitrogens is 6. The predicted octanol–water partition coefficient (Wildman–Crippen LogP) is 12.3. The number of carbonyl (C=O) groups is 2. The highest BCUT2D eigenvalue weighted by molar-refractivity contribution is 5.83. The zero-order valence-corrected chi connectivity index (χ0v) is 41.6. The minimum absolute atomic E-state index is 0.0136. The first-order valence-electron chi connectivity index (χ1n) is 24.4. The minimum Gasteiger partial charge on any atom is -0.492 e. The molecule has 0 saturated heterocycles. The Kier molecular flexibility index (Phi) is 12.9. The number of hydrogen-bond donors (Lipinski definition) is 3. The topological polar surface area (TPSA) is 168 Å². The van der Waals surface area contributed by atoms with E-state index in [0.717, 1.165) is 35.4 Å². The second-order valence-corrected chi connectivity index (χ2v) is 19.0. The number of para-hydroxylation sites is 2. The SMILES string of the molecule is CCOC(=O)Cc1cccc2c1OCC2(C)c1ccn(-c2cc(Oc3c(F)cc4[nH]ccc4c3F)ccc2F)n1.C[C@]1(c2ccn(-c3cc(Oc4c(F)cc5[nH]ccc5c4F)ccc3F)n2)COc2c(CC(=O)O)cccc21. The molecule has 0 aliphatic carbocycles. The molecule has 20 heteroatoms. The number of carboxylic acids is 1. The molecule has 12 rings (SSSR count). The number of ether oxygens (including phenoxy) is 5. The fourth-order valence-electron chi connectivity index (χ4n) is 9.82. The first kappa shape index (κ1) is 50.7. The molecule has 0 amide bonds. The van der Waals surface area contributed by atoms with Gasteiger partial charge in [0.15, 0.2) is 34.8 Å². The van der Waals surface area contributed by atoms with Gasteiger partial charge in [-0.1, -0.05) is 36.4 Å². The Labute approximate surface area is 439 Å². The number of rotatable bonds is 13. The van der Waals surface area contributed by atoms with E-state index in [-0.39, 0.29) is 71.2 Å². The van der Waals surface area contributed by atoms with Crippen LogP contribution in [0.25, 0.3) is 33.2 Å². The number of halogens is 6. The van der Waals surface area contributed by atoms with Crippen LogP contribution in [-0.2, 0) is 38.0 Å². The second kappa shape index (κ2) is 19.9. The highest BCUT2D eigenvalue weighted by Crippen LogP contribution is 2.47. The predicted molar refractivity (Wildman–Crippen MR) is 272 cm³/mol. The number of hydrogen-bond acceptors (Lipinski definition) is 9. The zero-order valence-electron chi connectivity index (χ0n) is 41.6. The fraction of sp³-hybridized carbons (Fsp3) is 0.172. The maximum Gasteiger partial charge on any atom is 0.310 e. The molecule has 1 unspecified atom stereocenters. The van der Waals surface area contributed by atoms with E-state index in [4.69, 9.17) is 23.7 Å². The average Bonchev–Trinajstić information content (AvgIpc) is 4.41. The van der Waals surface area contributed by atoms with Crippen LogP contribution in [0.2, 0.25) is 0 Å². The largest absolute Gasteiger partial charge is 0.492 e. The van der Waals surface area contributed by atoms with Crippen LogP contribution in [0.1, 0.15) is 54.4 Å². The van der Waals surface area contributed by atoms with Crippen molar-refractivity contribution in [2.24, 2.45) is 0 Å². The normalized spacial score (nSPS) is 16.3. The molecule has 10 aromatic rings. The number of H-pyrrole nitrogens is 2. The molecule has 2 aliphatic rings. The van der Waals surface area contributed by atoms with Gasteiger partial charge in [0.05, 0.1) is 52.7 Å². The molecule has 6 aromatic carbocycles. The van der Waals surface area contributed by atoms with Gasteiger partial charge in [-0.05, 0) is 69.3 Å². The summed E-state index contributed by atoms with van der Waals surface area (Å²) < 4.78 is 119. The van der Waals surface area contributed by atoms with Gasteiger partial charge >= 0.3 is 11.9 Å². The van der Waals surface area contributed by atoms with Crippen molar-refractivity contribution in [3.63, 3.8) is 0 Å². The summed E-state index contributed by atoms with van der Waals surface area (Å²) in [5.74, 6) is -6.08. The van der Waals surface area contributed by atoms with Gasteiger partial charge < -0.3 is 38.8 Å². The summed E-state index contributed by atoms with van der Waals surface area (Å²) in [6.45, 7) is 6.40. The Balaban J connectivity index is 0.000000166. The van der Waals surface area contributed by atoms with Crippen LogP contribution in [-0.4, -0.2) is 66.4 Å². The summed E-state index contributed by atoms with van der Waals surface area (Å²) >= 11 is 0. The molecule has 0 fully saturated rings. The Morgan fingerprint density at radius 2 is 1.08 bits per heavy atom. The summed E-state index contributed by atoms with van der Waals surface area (Å²) in [5, 5.41) is 18.8. The molecule has 3 N–H and O–H groups in total. The molecule has 396 valence electrons. The first-order valence-corrected chi connectivity index (χ1v) is 24.4. The summed E-state index contributed by atoms with van der Waals surface area (Å²) in [7, 11) is 0. The molecule has 0 saturated carbocycles. The van der Waals surface area contributed by atoms with Gasteiger partial charge in [0.2, 0.25) is 0 Å². The van der Waals surface area contributed by atoms with Crippen molar-refractivity contribution in [2.75, 3.05) is 19.8 Å². The molecule has 0 spiro atoms. The van der Waals surface area contributed by atoms with Gasteiger partial charge in [-0.3, -0.25) is 9.59 Å². The molecule has 2 aliphatic heterocycles. The van der Waals surface area contributed by atoms with Crippen molar-refractivity contribution in [3.05, 3.63) is 203 Å². The van der Waals surface area contributed by atoms with E-state index in [1.54, 1.807) is 43.6 Å². The Morgan fingerprint density at radius 1 is 0.615 bits per heavy atom. The summed E-state index contributed by atoms with van der Waals surface area (Å²) in [6, 6.07) is 27.1. The third kappa shape index (κ3) is 9.07. The number of aromatic amines is 2. The number of nitrogens with zero attached hydrogens (tertiary/aromatic N) is 4. The highest BCUT2D eigenvalue weighted by atomic mass is 19.2. The van der Waals surface area contributed by atoms with Gasteiger partial charge in [0.1, 0.15) is 59.2 Å². The van der Waals surface area contributed by atoms with E-state index in [1.165, 1.54) is 58.2 Å². The van der Waals surface area contributed by atoms with Crippen LogP contribution >= 0.6 is 0 Å². The number of aliphatic carboxylic acids is 1. The van der Waals surface area contributed by atoms with Crippen molar-refractivity contribution in [1.82, 2.24) is 29.5 Å². The Bertz CT molecular complexity index is 4000. The monoisotopic (exact) mass is 1070 g/mol. The van der Waals surface area contributed by atoms with Crippen molar-refractivity contribution in [1.29, 1.82) is 0 Å².